The summed E-state index contributed by atoms with van der Waals surface area (Å²) in [5.41, 5.74) is 16.7. The van der Waals surface area contributed by atoms with E-state index in [-0.39, 0.29) is 75.3 Å². The minimum Gasteiger partial charge on any atom is -0.508 e. The summed E-state index contributed by atoms with van der Waals surface area (Å²) in [6.07, 6.45) is -0.386. The molecule has 1 aliphatic rings. The van der Waals surface area contributed by atoms with E-state index in [1.807, 2.05) is 0 Å². The summed E-state index contributed by atoms with van der Waals surface area (Å²) in [4.78, 5) is 134. The maximum atomic E-state index is 14.1. The van der Waals surface area contributed by atoms with Gasteiger partial charge in [0.2, 0.25) is 54.6 Å². The monoisotopic (exact) mass is 1010 g/mol. The zero-order valence-electron chi connectivity index (χ0n) is 40.7. The zero-order chi connectivity index (χ0) is 52.9. The second kappa shape index (κ2) is 29.0. The van der Waals surface area contributed by atoms with E-state index in [0.717, 1.165) is 0 Å². The van der Waals surface area contributed by atoms with E-state index >= 15 is 0 Å². The van der Waals surface area contributed by atoms with Gasteiger partial charge in [-0.1, -0.05) is 39.8 Å². The Morgan fingerprint density at radius 1 is 0.757 bits per heavy atom. The van der Waals surface area contributed by atoms with Crippen molar-refractivity contribution >= 4 is 66.6 Å². The highest BCUT2D eigenvalue weighted by Gasteiger charge is 2.38. The Kier molecular flexibility index (Phi) is 24.8. The Balaban J connectivity index is 2.25. The standard InChI is InChI=1S/C44H73N12O13P/c1-24(2)17-29(22-70(68,69)23-51-41(65)32(18-25(3)4)55-43(67)34-10-8-16-56(34)35(58)20-49-37(61)26(5)45)39(63)54-33(19-28-11-13-30(57)14-12-28)42(66)52-27(6)38(62)53-31(9-7-15-48-44(46)47)40(64)50-21-36(59)60/h11-14,24-27,29,31-34,57H,7-10,15-23,45H2,1-6H3,(H,49,61)(H,50,64)(H,51,65)(H,52,66)(H,53,62)(H,54,63)(H,55,67)(H,59,60)(H,68,69)(H4,46,47,48)/t26-,27-,29?,31-,32-,33-,34-/m0/s1. The number of guanidine groups is 1. The Bertz CT molecular complexity index is 2070. The van der Waals surface area contributed by atoms with Crippen molar-refractivity contribution in [2.24, 2.45) is 39.9 Å². The highest BCUT2D eigenvalue weighted by Crippen LogP contribution is 2.42. The SMILES string of the molecule is CC(C)CC(CP(=O)(O)CNC(=O)[C@H](CC(C)C)NC(=O)[C@@H]1CCCN1C(=O)CNC(=O)[C@H](C)N)C(=O)N[C@@H](Cc1ccc(O)cc1)C(=O)N[C@@H](C)C(=O)N[C@@H](CCCN=C(N)N)C(=O)NCC(=O)O. The molecule has 8 amide bonds. The molecular formula is C44H73N12O13P. The van der Waals surface area contributed by atoms with Gasteiger partial charge in [0.15, 0.2) is 5.96 Å². The zero-order valence-corrected chi connectivity index (χ0v) is 41.6. The number of aliphatic imine (C=N–C) groups is 1. The molecule has 0 bridgehead atoms. The molecule has 70 heavy (non-hydrogen) atoms. The Labute approximate surface area is 407 Å². The molecular weight excluding hydrogens is 936 g/mol. The van der Waals surface area contributed by atoms with Crippen molar-refractivity contribution in [3.05, 3.63) is 29.8 Å². The van der Waals surface area contributed by atoms with Gasteiger partial charge in [-0.3, -0.25) is 52.7 Å². The van der Waals surface area contributed by atoms with Gasteiger partial charge in [0, 0.05) is 31.6 Å². The topological polar surface area (TPSA) is 409 Å². The van der Waals surface area contributed by atoms with E-state index < -0.39 is 122 Å². The van der Waals surface area contributed by atoms with Crippen LogP contribution in [0.15, 0.2) is 29.3 Å². The summed E-state index contributed by atoms with van der Waals surface area (Å²) in [5, 5.41) is 36.3. The molecule has 0 aromatic heterocycles. The number of carboxylic acid groups (broad SMARTS) is 1. The molecule has 0 saturated carbocycles. The second-order valence-electron chi connectivity index (χ2n) is 18.3. The molecule has 8 atom stereocenters. The third-order valence-corrected chi connectivity index (χ3v) is 12.6. The summed E-state index contributed by atoms with van der Waals surface area (Å²) in [5.74, 6) is -8.87. The summed E-state index contributed by atoms with van der Waals surface area (Å²) in [7, 11) is -4.38. The van der Waals surface area contributed by atoms with Gasteiger partial charge >= 0.3 is 5.97 Å². The normalized spacial score (nSPS) is 16.8. The van der Waals surface area contributed by atoms with Crippen molar-refractivity contribution in [1.29, 1.82) is 0 Å². The maximum Gasteiger partial charge on any atom is 0.322 e. The number of phenolic OH excluding ortho intramolecular Hbond substituents is 1. The number of phenols is 1. The number of aliphatic carboxylic acids is 1. The van der Waals surface area contributed by atoms with Crippen LogP contribution in [0.1, 0.15) is 85.6 Å². The molecule has 2 rings (SSSR count). The van der Waals surface area contributed by atoms with Gasteiger partial charge in [0.25, 0.3) is 0 Å². The summed E-state index contributed by atoms with van der Waals surface area (Å²) < 4.78 is 13.8. The summed E-state index contributed by atoms with van der Waals surface area (Å²) in [6, 6.07) is -1.20. The average molecular weight is 1010 g/mol. The van der Waals surface area contributed by atoms with Crippen molar-refractivity contribution in [2.45, 2.75) is 123 Å². The molecule has 1 aromatic carbocycles. The van der Waals surface area contributed by atoms with Gasteiger partial charge in [-0.15, -0.1) is 0 Å². The van der Waals surface area contributed by atoms with Gasteiger partial charge in [-0.25, -0.2) is 0 Å². The molecule has 2 unspecified atom stereocenters. The van der Waals surface area contributed by atoms with Crippen LogP contribution in [0.2, 0.25) is 0 Å². The number of hydrogen-bond acceptors (Lipinski definition) is 13. The van der Waals surface area contributed by atoms with Crippen LogP contribution in [0.4, 0.5) is 0 Å². The molecule has 26 heteroatoms. The van der Waals surface area contributed by atoms with Gasteiger partial charge in [0.1, 0.15) is 42.5 Å². The van der Waals surface area contributed by atoms with Crippen molar-refractivity contribution in [2.75, 3.05) is 38.6 Å². The molecule has 0 aliphatic carbocycles. The van der Waals surface area contributed by atoms with Crippen molar-refractivity contribution in [3.8, 4) is 5.75 Å². The smallest absolute Gasteiger partial charge is 0.322 e. The third kappa shape index (κ3) is 22.0. The Morgan fingerprint density at radius 3 is 1.94 bits per heavy atom. The lowest BCUT2D eigenvalue weighted by Crippen LogP contribution is -2.57. The fourth-order valence-electron chi connectivity index (χ4n) is 7.40. The molecule has 392 valence electrons. The molecule has 1 saturated heterocycles. The first-order valence-corrected chi connectivity index (χ1v) is 25.2. The quantitative estimate of drug-likeness (QED) is 0.0173. The lowest BCUT2D eigenvalue weighted by molar-refractivity contribution is -0.139. The van der Waals surface area contributed by atoms with E-state index in [1.165, 1.54) is 43.0 Å². The first-order valence-electron chi connectivity index (χ1n) is 23.1. The second-order valence-corrected chi connectivity index (χ2v) is 20.7. The number of carbonyl (C=O) groups is 9. The lowest BCUT2D eigenvalue weighted by Gasteiger charge is -2.28. The van der Waals surface area contributed by atoms with E-state index in [0.29, 0.717) is 18.4 Å². The minimum absolute atomic E-state index is 0.0127. The summed E-state index contributed by atoms with van der Waals surface area (Å²) in [6.45, 7) is 9.16. The fourth-order valence-corrected chi connectivity index (χ4v) is 8.94. The van der Waals surface area contributed by atoms with Gasteiger partial charge in [-0.2, -0.15) is 0 Å². The number of nitrogens with one attached hydrogen (secondary N) is 7. The van der Waals surface area contributed by atoms with Crippen molar-refractivity contribution < 1.29 is 62.8 Å². The van der Waals surface area contributed by atoms with Crippen LogP contribution in [-0.4, -0.2) is 154 Å². The molecule has 1 aliphatic heterocycles. The maximum absolute atomic E-state index is 14.1. The van der Waals surface area contributed by atoms with Crippen LogP contribution in [0.3, 0.4) is 0 Å². The summed E-state index contributed by atoms with van der Waals surface area (Å²) >= 11 is 0. The highest BCUT2D eigenvalue weighted by molar-refractivity contribution is 7.58. The molecule has 1 fully saturated rings. The van der Waals surface area contributed by atoms with Crippen molar-refractivity contribution in [3.63, 3.8) is 0 Å². The number of carboxylic acids is 1. The molecule has 1 heterocycles. The van der Waals surface area contributed by atoms with Crippen LogP contribution in [0.25, 0.3) is 0 Å². The molecule has 1 aromatic rings. The van der Waals surface area contributed by atoms with Crippen LogP contribution in [-0.2, 0) is 54.1 Å². The highest BCUT2D eigenvalue weighted by atomic mass is 31.2. The first-order chi connectivity index (χ1) is 32.7. The number of hydrogen-bond donors (Lipinski definition) is 13. The number of aromatic hydroxyl groups is 1. The van der Waals surface area contributed by atoms with Crippen molar-refractivity contribution in [1.82, 2.24) is 42.1 Å². The van der Waals surface area contributed by atoms with E-state index in [9.17, 15) is 57.7 Å². The van der Waals surface area contributed by atoms with Crippen LogP contribution in [0.5, 0.6) is 5.75 Å². The molecule has 25 nitrogen and oxygen atoms in total. The lowest BCUT2D eigenvalue weighted by atomic mass is 9.97. The molecule has 16 N–H and O–H groups in total. The predicted octanol–water partition coefficient (Wildman–Crippen LogP) is -2.34. The van der Waals surface area contributed by atoms with Gasteiger partial charge < -0.3 is 74.4 Å². The number of rotatable bonds is 29. The Hall–Kier alpha value is -6.33. The van der Waals surface area contributed by atoms with Crippen LogP contribution >= 0.6 is 7.37 Å². The largest absolute Gasteiger partial charge is 0.508 e. The van der Waals surface area contributed by atoms with Gasteiger partial charge in [-0.05, 0) is 81.9 Å². The third-order valence-electron chi connectivity index (χ3n) is 10.9. The predicted molar refractivity (Wildman–Crippen MR) is 257 cm³/mol. The number of carbonyl (C=O) groups excluding carboxylic acids is 8. The van der Waals surface area contributed by atoms with E-state index in [4.69, 9.17) is 22.3 Å². The fraction of sp³-hybridized carbons (Fsp3) is 0.636. The minimum atomic E-state index is -4.38. The first kappa shape index (κ1) is 59.8. The number of likely N-dealkylation sites (tertiary alicyclic amines) is 1. The molecule has 0 spiro atoms. The number of nitrogens with zero attached hydrogens (tertiary/aromatic N) is 2. The van der Waals surface area contributed by atoms with Crippen LogP contribution in [0, 0.1) is 17.8 Å². The Morgan fingerprint density at radius 2 is 1.36 bits per heavy atom. The number of nitrogens with two attached hydrogens (primary N) is 3. The van der Waals surface area contributed by atoms with E-state index in [2.05, 4.69) is 42.2 Å². The molecule has 0 radical (unpaired) electrons. The number of amides is 8. The number of benzene rings is 1. The van der Waals surface area contributed by atoms with E-state index in [1.54, 1.807) is 27.7 Å². The average Bonchev–Trinajstić information content (AvgIpc) is 3.77. The van der Waals surface area contributed by atoms with Gasteiger partial charge in [0.05, 0.1) is 18.9 Å². The van der Waals surface area contributed by atoms with Crippen LogP contribution < -0.4 is 54.4 Å².